The van der Waals surface area contributed by atoms with Crippen molar-refractivity contribution in [3.05, 3.63) is 24.3 Å². The highest BCUT2D eigenvalue weighted by molar-refractivity contribution is 9.10. The highest BCUT2D eigenvalue weighted by Crippen LogP contribution is 2.19. The lowest BCUT2D eigenvalue weighted by molar-refractivity contribution is -0.116. The number of rotatable bonds is 8. The molecule has 0 saturated carbocycles. The molecule has 0 aromatic heterocycles. The predicted molar refractivity (Wildman–Crippen MR) is 98.9 cm³/mol. The molecule has 0 bridgehead atoms. The van der Waals surface area contributed by atoms with E-state index in [-0.39, 0.29) is 21.5 Å². The summed E-state index contributed by atoms with van der Waals surface area (Å²) in [6.07, 6.45) is 3.43. The Labute approximate surface area is 148 Å². The average Bonchev–Trinajstić information content (AvgIpc) is 2.48. The van der Waals surface area contributed by atoms with Gasteiger partial charge in [-0.2, -0.15) is 0 Å². The minimum Gasteiger partial charge on any atom is -0.325 e. The highest BCUT2D eigenvalue weighted by Gasteiger charge is 2.15. The fourth-order valence-corrected chi connectivity index (χ4v) is 3.03. The van der Waals surface area contributed by atoms with Gasteiger partial charge in [0, 0.05) is 11.4 Å². The van der Waals surface area contributed by atoms with Crippen LogP contribution in [-0.4, -0.2) is 21.5 Å². The largest absolute Gasteiger partial charge is 0.325 e. The molecule has 0 spiro atoms. The van der Waals surface area contributed by atoms with Crippen LogP contribution in [0.4, 0.5) is 11.4 Å². The molecule has 0 fully saturated rings. The van der Waals surface area contributed by atoms with Crippen molar-refractivity contribution in [3.63, 3.8) is 0 Å². The van der Waals surface area contributed by atoms with Crippen molar-refractivity contribution in [2.45, 2.75) is 49.2 Å². The van der Waals surface area contributed by atoms with E-state index in [1.54, 1.807) is 24.3 Å². The first kappa shape index (κ1) is 19.2. The molecule has 0 heterocycles. The quantitative estimate of drug-likeness (QED) is 0.584. The van der Waals surface area contributed by atoms with Gasteiger partial charge in [0.25, 0.3) is 0 Å². The zero-order valence-corrected chi connectivity index (χ0v) is 16.0. The number of halogens is 2. The van der Waals surface area contributed by atoms with Crippen molar-refractivity contribution in [2.75, 3.05) is 10.6 Å². The summed E-state index contributed by atoms with van der Waals surface area (Å²) in [5.41, 5.74) is 1.34. The maximum Gasteiger partial charge on any atom is 0.238 e. The molecule has 1 rings (SSSR count). The first-order valence-electron chi connectivity index (χ1n) is 7.47. The van der Waals surface area contributed by atoms with E-state index < -0.39 is 0 Å². The summed E-state index contributed by atoms with van der Waals surface area (Å²) in [5, 5.41) is 5.69. The number of hydrogen-bond donors (Lipinski definition) is 2. The van der Waals surface area contributed by atoms with Gasteiger partial charge in [0.15, 0.2) is 0 Å². The van der Waals surface area contributed by atoms with E-state index in [1.807, 2.05) is 13.8 Å². The fourth-order valence-electron chi connectivity index (χ4n) is 1.88. The number of carbonyl (C=O) groups is 2. The van der Waals surface area contributed by atoms with Gasteiger partial charge in [0.2, 0.25) is 11.8 Å². The number of hydrogen-bond acceptors (Lipinski definition) is 2. The lowest BCUT2D eigenvalue weighted by atomic mass is 10.2. The van der Waals surface area contributed by atoms with E-state index >= 15 is 0 Å². The Bertz CT molecular complexity index is 467. The third-order valence-electron chi connectivity index (χ3n) is 3.05. The predicted octanol–water partition coefficient (Wildman–Crippen LogP) is 4.69. The SMILES string of the molecule is CCCC(Br)C(=O)Nc1cccc(NC(=O)C(Br)CCC)c1. The van der Waals surface area contributed by atoms with E-state index in [2.05, 4.69) is 42.5 Å². The number of carbonyl (C=O) groups excluding carboxylic acids is 2. The summed E-state index contributed by atoms with van der Waals surface area (Å²) in [6.45, 7) is 4.06. The Morgan fingerprint density at radius 3 is 1.73 bits per heavy atom. The van der Waals surface area contributed by atoms with E-state index in [4.69, 9.17) is 0 Å². The Morgan fingerprint density at radius 1 is 0.955 bits per heavy atom. The minimum absolute atomic E-state index is 0.0744. The van der Waals surface area contributed by atoms with Crippen molar-refractivity contribution < 1.29 is 9.59 Å². The monoisotopic (exact) mass is 432 g/mol. The van der Waals surface area contributed by atoms with Gasteiger partial charge in [-0.15, -0.1) is 0 Å². The molecule has 0 saturated heterocycles. The van der Waals surface area contributed by atoms with Gasteiger partial charge in [-0.1, -0.05) is 64.6 Å². The Kier molecular flexibility index (Phi) is 8.71. The lowest BCUT2D eigenvalue weighted by Crippen LogP contribution is -2.24. The smallest absolute Gasteiger partial charge is 0.238 e. The molecule has 122 valence electrons. The topological polar surface area (TPSA) is 58.2 Å². The average molecular weight is 434 g/mol. The van der Waals surface area contributed by atoms with Gasteiger partial charge in [0.1, 0.15) is 0 Å². The zero-order chi connectivity index (χ0) is 16.5. The molecule has 1 aromatic rings. The molecular weight excluding hydrogens is 412 g/mol. The van der Waals surface area contributed by atoms with Gasteiger partial charge in [-0.3, -0.25) is 9.59 Å². The van der Waals surface area contributed by atoms with Crippen molar-refractivity contribution in [1.82, 2.24) is 0 Å². The molecule has 4 nitrogen and oxygen atoms in total. The van der Waals surface area contributed by atoms with E-state index in [0.29, 0.717) is 11.4 Å². The summed E-state index contributed by atoms with van der Waals surface area (Å²) in [7, 11) is 0. The first-order valence-corrected chi connectivity index (χ1v) is 9.31. The van der Waals surface area contributed by atoms with Gasteiger partial charge in [-0.05, 0) is 31.0 Å². The van der Waals surface area contributed by atoms with Crippen molar-refractivity contribution >= 4 is 55.0 Å². The third-order valence-corrected chi connectivity index (χ3v) is 4.80. The van der Waals surface area contributed by atoms with Crippen LogP contribution in [0.5, 0.6) is 0 Å². The van der Waals surface area contributed by atoms with E-state index in [9.17, 15) is 9.59 Å². The summed E-state index contributed by atoms with van der Waals surface area (Å²) in [6, 6.07) is 7.16. The standard InChI is InChI=1S/C16H22Br2N2O2/c1-3-6-13(17)15(21)19-11-8-5-9-12(10-11)20-16(22)14(18)7-4-2/h5,8-10,13-14H,3-4,6-7H2,1-2H3,(H,19,21)(H,20,22). The number of benzene rings is 1. The van der Waals surface area contributed by atoms with Crippen LogP contribution in [0.15, 0.2) is 24.3 Å². The van der Waals surface area contributed by atoms with Gasteiger partial charge in [0.05, 0.1) is 9.65 Å². The molecule has 22 heavy (non-hydrogen) atoms. The van der Waals surface area contributed by atoms with E-state index in [0.717, 1.165) is 25.7 Å². The molecule has 2 N–H and O–H groups in total. The molecule has 2 unspecified atom stereocenters. The maximum absolute atomic E-state index is 12.0. The summed E-state index contributed by atoms with van der Waals surface area (Å²) >= 11 is 6.74. The zero-order valence-electron chi connectivity index (χ0n) is 12.9. The van der Waals surface area contributed by atoms with Crippen LogP contribution in [0, 0.1) is 0 Å². The lowest BCUT2D eigenvalue weighted by Gasteiger charge is -2.13. The minimum atomic E-state index is -0.202. The molecule has 0 radical (unpaired) electrons. The van der Waals surface area contributed by atoms with Crippen LogP contribution >= 0.6 is 31.9 Å². The highest BCUT2D eigenvalue weighted by atomic mass is 79.9. The van der Waals surface area contributed by atoms with Crippen molar-refractivity contribution in [1.29, 1.82) is 0 Å². The van der Waals surface area contributed by atoms with Crippen LogP contribution < -0.4 is 10.6 Å². The third kappa shape index (κ3) is 6.48. The Morgan fingerprint density at radius 2 is 1.36 bits per heavy atom. The molecule has 0 aliphatic heterocycles. The van der Waals surface area contributed by atoms with Gasteiger partial charge < -0.3 is 10.6 Å². The Hall–Kier alpha value is -0.880. The molecule has 1 aromatic carbocycles. The van der Waals surface area contributed by atoms with Gasteiger partial charge >= 0.3 is 0 Å². The number of nitrogens with one attached hydrogen (secondary N) is 2. The van der Waals surface area contributed by atoms with Crippen LogP contribution in [0.3, 0.4) is 0 Å². The van der Waals surface area contributed by atoms with E-state index in [1.165, 1.54) is 0 Å². The molecular formula is C16H22Br2N2O2. The molecule has 2 amide bonds. The molecule has 0 aliphatic rings. The van der Waals surface area contributed by atoms with Crippen molar-refractivity contribution in [3.8, 4) is 0 Å². The number of amides is 2. The second-order valence-electron chi connectivity index (χ2n) is 5.07. The summed E-state index contributed by atoms with van der Waals surface area (Å²) < 4.78 is 0. The van der Waals surface area contributed by atoms with Crippen LogP contribution in [0.2, 0.25) is 0 Å². The first-order chi connectivity index (χ1) is 10.5. The Balaban J connectivity index is 2.66. The number of anilines is 2. The summed E-state index contributed by atoms with van der Waals surface area (Å²) in [5.74, 6) is -0.149. The van der Waals surface area contributed by atoms with Crippen LogP contribution in [0.25, 0.3) is 0 Å². The molecule has 0 aliphatic carbocycles. The van der Waals surface area contributed by atoms with Crippen LogP contribution in [-0.2, 0) is 9.59 Å². The second kappa shape index (κ2) is 10.0. The second-order valence-corrected chi connectivity index (χ2v) is 7.28. The summed E-state index contributed by atoms with van der Waals surface area (Å²) in [4.78, 5) is 23.5. The molecule has 6 heteroatoms. The normalized spacial score (nSPS) is 13.3. The molecule has 2 atom stereocenters. The number of alkyl halides is 2. The maximum atomic E-state index is 12.0. The fraction of sp³-hybridized carbons (Fsp3) is 0.500. The van der Waals surface area contributed by atoms with Crippen LogP contribution in [0.1, 0.15) is 39.5 Å². The van der Waals surface area contributed by atoms with Gasteiger partial charge in [-0.25, -0.2) is 0 Å². The van der Waals surface area contributed by atoms with Crippen molar-refractivity contribution in [2.24, 2.45) is 0 Å².